The van der Waals surface area contributed by atoms with Crippen molar-refractivity contribution in [3.8, 4) is 5.75 Å². The Balaban J connectivity index is 1.50. The van der Waals surface area contributed by atoms with E-state index in [1.807, 2.05) is 66.7 Å². The number of benzene rings is 3. The van der Waals surface area contributed by atoms with Crippen LogP contribution in [0.25, 0.3) is 0 Å². The zero-order valence-corrected chi connectivity index (χ0v) is 14.3. The van der Waals surface area contributed by atoms with E-state index in [0.29, 0.717) is 12.2 Å². The molecule has 130 valence electrons. The predicted octanol–water partition coefficient (Wildman–Crippen LogP) is 4.16. The third-order valence-electron chi connectivity index (χ3n) is 4.47. The van der Waals surface area contributed by atoms with Crippen molar-refractivity contribution in [2.75, 3.05) is 11.9 Å². The van der Waals surface area contributed by atoms with Crippen molar-refractivity contribution in [2.24, 2.45) is 0 Å². The van der Waals surface area contributed by atoms with Crippen LogP contribution in [0.2, 0.25) is 0 Å². The van der Waals surface area contributed by atoms with Crippen LogP contribution in [0, 0.1) is 0 Å². The Morgan fingerprint density at radius 3 is 2.42 bits per heavy atom. The van der Waals surface area contributed by atoms with Gasteiger partial charge in [-0.25, -0.2) is 0 Å². The monoisotopic (exact) mass is 344 g/mol. The number of rotatable bonds is 5. The Hall–Kier alpha value is -3.27. The molecular weight excluding hydrogens is 324 g/mol. The second-order valence-corrected chi connectivity index (χ2v) is 6.22. The van der Waals surface area contributed by atoms with E-state index in [4.69, 9.17) is 4.74 Å². The molecule has 4 rings (SSSR count). The number of fused-ring (bicyclic) bond motifs is 1. The highest BCUT2D eigenvalue weighted by Gasteiger charge is 2.26. The molecule has 3 aromatic rings. The predicted molar refractivity (Wildman–Crippen MR) is 102 cm³/mol. The van der Waals surface area contributed by atoms with Crippen LogP contribution < -0.4 is 15.4 Å². The zero-order chi connectivity index (χ0) is 17.8. The number of nitrogens with one attached hydrogen (secondary N) is 2. The number of hydrogen-bond donors (Lipinski definition) is 2. The quantitative estimate of drug-likeness (QED) is 0.731. The molecule has 0 aromatic heterocycles. The molecule has 0 radical (unpaired) electrons. The van der Waals surface area contributed by atoms with E-state index in [9.17, 15) is 4.79 Å². The summed E-state index contributed by atoms with van der Waals surface area (Å²) in [6.45, 7) is 0.582. The molecule has 2 N–H and O–H groups in total. The van der Waals surface area contributed by atoms with Crippen LogP contribution in [0.5, 0.6) is 5.75 Å². The number of carbonyl (C=O) groups excluding carboxylic acids is 1. The van der Waals surface area contributed by atoms with Gasteiger partial charge in [0.25, 0.3) is 5.91 Å². The molecule has 0 fully saturated rings. The summed E-state index contributed by atoms with van der Waals surface area (Å²) in [4.78, 5) is 12.4. The maximum Gasteiger partial charge on any atom is 0.255 e. The molecule has 1 amide bonds. The van der Waals surface area contributed by atoms with Crippen molar-refractivity contribution < 1.29 is 9.53 Å². The fourth-order valence-electron chi connectivity index (χ4n) is 3.14. The first-order valence-electron chi connectivity index (χ1n) is 8.73. The van der Waals surface area contributed by atoms with Gasteiger partial charge in [-0.15, -0.1) is 0 Å². The maximum absolute atomic E-state index is 12.4. The molecule has 1 unspecified atom stereocenters. The molecule has 26 heavy (non-hydrogen) atoms. The topological polar surface area (TPSA) is 50.4 Å². The van der Waals surface area contributed by atoms with Crippen molar-refractivity contribution >= 4 is 11.6 Å². The highest BCUT2D eigenvalue weighted by molar-refractivity contribution is 6.01. The molecule has 0 spiro atoms. The SMILES string of the molecule is O=C1NC(c2ccccc2OCCc2ccccc2)Nc2ccccc21. The minimum absolute atomic E-state index is 0.0801. The van der Waals surface area contributed by atoms with Crippen LogP contribution >= 0.6 is 0 Å². The number of hydrogen-bond acceptors (Lipinski definition) is 3. The van der Waals surface area contributed by atoms with Crippen molar-refractivity contribution in [3.05, 3.63) is 95.6 Å². The second kappa shape index (κ2) is 7.31. The summed E-state index contributed by atoms with van der Waals surface area (Å²) in [6.07, 6.45) is 0.521. The minimum atomic E-state index is -0.315. The molecule has 0 saturated carbocycles. The minimum Gasteiger partial charge on any atom is -0.493 e. The summed E-state index contributed by atoms with van der Waals surface area (Å²) in [7, 11) is 0. The van der Waals surface area contributed by atoms with Crippen molar-refractivity contribution in [3.63, 3.8) is 0 Å². The number of ether oxygens (including phenoxy) is 1. The molecule has 1 atom stereocenters. The summed E-state index contributed by atoms with van der Waals surface area (Å²) in [6, 6.07) is 25.6. The first-order chi connectivity index (χ1) is 12.8. The Kier molecular flexibility index (Phi) is 4.56. The molecule has 1 heterocycles. The van der Waals surface area contributed by atoms with Crippen LogP contribution in [-0.4, -0.2) is 12.5 Å². The van der Waals surface area contributed by atoms with E-state index in [0.717, 1.165) is 23.4 Å². The highest BCUT2D eigenvalue weighted by Crippen LogP contribution is 2.31. The largest absolute Gasteiger partial charge is 0.493 e. The Morgan fingerprint density at radius 2 is 1.54 bits per heavy atom. The molecular formula is C22H20N2O2. The molecule has 0 aliphatic carbocycles. The molecule has 4 heteroatoms. The average Bonchev–Trinajstić information content (AvgIpc) is 2.69. The van der Waals surface area contributed by atoms with E-state index in [1.165, 1.54) is 5.56 Å². The van der Waals surface area contributed by atoms with E-state index >= 15 is 0 Å². The summed E-state index contributed by atoms with van der Waals surface area (Å²) in [5.74, 6) is 0.698. The van der Waals surface area contributed by atoms with Crippen molar-refractivity contribution in [2.45, 2.75) is 12.6 Å². The first-order valence-corrected chi connectivity index (χ1v) is 8.73. The lowest BCUT2D eigenvalue weighted by Crippen LogP contribution is -2.38. The van der Waals surface area contributed by atoms with Crippen LogP contribution in [0.15, 0.2) is 78.9 Å². The normalized spacial score (nSPS) is 15.5. The molecule has 3 aromatic carbocycles. The summed E-state index contributed by atoms with van der Waals surface area (Å²) < 4.78 is 6.03. The molecule has 4 nitrogen and oxygen atoms in total. The lowest BCUT2D eigenvalue weighted by Gasteiger charge is -2.29. The van der Waals surface area contributed by atoms with Crippen LogP contribution in [0.4, 0.5) is 5.69 Å². The zero-order valence-electron chi connectivity index (χ0n) is 14.3. The van der Waals surface area contributed by atoms with E-state index < -0.39 is 0 Å². The van der Waals surface area contributed by atoms with Gasteiger partial charge in [-0.2, -0.15) is 0 Å². The van der Waals surface area contributed by atoms with Crippen LogP contribution in [0.1, 0.15) is 27.7 Å². The lowest BCUT2D eigenvalue weighted by molar-refractivity contribution is 0.0935. The van der Waals surface area contributed by atoms with Crippen molar-refractivity contribution in [1.82, 2.24) is 5.32 Å². The third kappa shape index (κ3) is 3.40. The molecule has 1 aliphatic heterocycles. The van der Waals surface area contributed by atoms with Gasteiger partial charge in [-0.3, -0.25) is 4.79 Å². The first kappa shape index (κ1) is 16.2. The Morgan fingerprint density at radius 1 is 0.808 bits per heavy atom. The fourth-order valence-corrected chi connectivity index (χ4v) is 3.14. The summed E-state index contributed by atoms with van der Waals surface area (Å²) >= 11 is 0. The van der Waals surface area contributed by atoms with Crippen LogP contribution in [0.3, 0.4) is 0 Å². The second-order valence-electron chi connectivity index (χ2n) is 6.22. The number of carbonyl (C=O) groups is 1. The number of para-hydroxylation sites is 2. The lowest BCUT2D eigenvalue weighted by atomic mass is 10.1. The van der Waals surface area contributed by atoms with Gasteiger partial charge in [0.2, 0.25) is 0 Å². The number of amides is 1. The average molecular weight is 344 g/mol. The van der Waals surface area contributed by atoms with E-state index in [1.54, 1.807) is 0 Å². The molecule has 0 bridgehead atoms. The van der Waals surface area contributed by atoms with Gasteiger partial charge in [0, 0.05) is 17.7 Å². The van der Waals surface area contributed by atoms with Gasteiger partial charge in [0.15, 0.2) is 0 Å². The highest BCUT2D eigenvalue weighted by atomic mass is 16.5. The Bertz CT molecular complexity index is 909. The van der Waals surface area contributed by atoms with E-state index in [2.05, 4.69) is 22.8 Å². The summed E-state index contributed by atoms with van der Waals surface area (Å²) in [5, 5.41) is 6.39. The summed E-state index contributed by atoms with van der Waals surface area (Å²) in [5.41, 5.74) is 3.65. The van der Waals surface area contributed by atoms with E-state index in [-0.39, 0.29) is 12.1 Å². The van der Waals surface area contributed by atoms with Gasteiger partial charge in [0.1, 0.15) is 11.9 Å². The van der Waals surface area contributed by atoms with Crippen LogP contribution in [-0.2, 0) is 6.42 Å². The molecule has 1 aliphatic rings. The third-order valence-corrected chi connectivity index (χ3v) is 4.47. The van der Waals surface area contributed by atoms with Gasteiger partial charge in [0.05, 0.1) is 12.2 Å². The number of anilines is 1. The fraction of sp³-hybridized carbons (Fsp3) is 0.136. The van der Waals surface area contributed by atoms with Gasteiger partial charge < -0.3 is 15.4 Å². The van der Waals surface area contributed by atoms with Gasteiger partial charge >= 0.3 is 0 Å². The van der Waals surface area contributed by atoms with Gasteiger partial charge in [-0.1, -0.05) is 60.7 Å². The molecule has 0 saturated heterocycles. The standard InChI is InChI=1S/C22H20N2O2/c25-22-17-10-4-6-12-19(17)23-21(24-22)18-11-5-7-13-20(18)26-15-14-16-8-2-1-3-9-16/h1-13,21,23H,14-15H2,(H,24,25). The van der Waals surface area contributed by atoms with Gasteiger partial charge in [-0.05, 0) is 23.8 Å². The Labute approximate surface area is 152 Å². The smallest absolute Gasteiger partial charge is 0.255 e. The van der Waals surface area contributed by atoms with Crippen molar-refractivity contribution in [1.29, 1.82) is 0 Å². The maximum atomic E-state index is 12.4.